The summed E-state index contributed by atoms with van der Waals surface area (Å²) < 4.78 is 0. The molecule has 14 heavy (non-hydrogen) atoms. The number of likely N-dealkylation sites (N-methyl/N-ethyl adjacent to an activating group) is 1. The molecule has 1 heterocycles. The maximum Gasteiger partial charge on any atom is 0.306 e. The molecule has 1 rings (SSSR count). The van der Waals surface area contributed by atoms with Gasteiger partial charge in [-0.05, 0) is 32.9 Å². The van der Waals surface area contributed by atoms with Gasteiger partial charge in [-0.2, -0.15) is 0 Å². The van der Waals surface area contributed by atoms with Crippen LogP contribution in [-0.2, 0) is 4.79 Å². The molecule has 1 fully saturated rings. The number of piperidine rings is 1. The second-order valence-corrected chi connectivity index (χ2v) is 4.08. The fourth-order valence-corrected chi connectivity index (χ4v) is 2.06. The molecule has 0 amide bonds. The van der Waals surface area contributed by atoms with Crippen LogP contribution in [0, 0.1) is 5.92 Å². The highest BCUT2D eigenvalue weighted by Crippen LogP contribution is 2.24. The second kappa shape index (κ2) is 4.75. The number of nitrogens with zero attached hydrogens (tertiary/aromatic N) is 1. The summed E-state index contributed by atoms with van der Waals surface area (Å²) >= 11 is 0. The molecule has 1 aliphatic heterocycles. The number of carboxylic acid groups (broad SMARTS) is 1. The zero-order valence-electron chi connectivity index (χ0n) is 8.81. The van der Waals surface area contributed by atoms with E-state index in [0.717, 1.165) is 6.54 Å². The van der Waals surface area contributed by atoms with Crippen molar-refractivity contribution in [1.29, 1.82) is 0 Å². The first-order chi connectivity index (χ1) is 6.56. The molecule has 0 saturated carbocycles. The molecule has 0 bridgehead atoms. The molecule has 0 aliphatic carbocycles. The smallest absolute Gasteiger partial charge is 0.306 e. The fraction of sp³-hybridized carbons (Fsp3) is 0.900. The number of aliphatic hydroxyl groups excluding tert-OH is 1. The van der Waals surface area contributed by atoms with E-state index in [4.69, 9.17) is 5.11 Å². The molecule has 3 unspecified atom stereocenters. The standard InChI is InChI=1S/C10H19NO3/c1-3-9(12)8-6-7(10(13)14)4-5-11(8)2/h7-9,12H,3-6H2,1-2H3,(H,13,14). The van der Waals surface area contributed by atoms with E-state index in [2.05, 4.69) is 4.90 Å². The average molecular weight is 201 g/mol. The van der Waals surface area contributed by atoms with Crippen molar-refractivity contribution in [3.8, 4) is 0 Å². The van der Waals surface area contributed by atoms with Crippen LogP contribution in [0.15, 0.2) is 0 Å². The number of hydrogen-bond acceptors (Lipinski definition) is 3. The van der Waals surface area contributed by atoms with Crippen LogP contribution in [0.25, 0.3) is 0 Å². The fourth-order valence-electron chi connectivity index (χ4n) is 2.06. The number of aliphatic carboxylic acids is 1. The molecule has 1 aliphatic rings. The molecule has 0 aromatic rings. The van der Waals surface area contributed by atoms with Crippen LogP contribution in [0.4, 0.5) is 0 Å². The van der Waals surface area contributed by atoms with Crippen LogP contribution < -0.4 is 0 Å². The Labute approximate surface area is 84.5 Å². The number of carbonyl (C=O) groups is 1. The number of aliphatic hydroxyl groups is 1. The predicted octanol–water partition coefficient (Wildman–Crippen LogP) is 0.552. The van der Waals surface area contributed by atoms with Crippen LogP contribution in [0.1, 0.15) is 26.2 Å². The quantitative estimate of drug-likeness (QED) is 0.700. The summed E-state index contributed by atoms with van der Waals surface area (Å²) in [5.41, 5.74) is 0. The van der Waals surface area contributed by atoms with Gasteiger partial charge >= 0.3 is 5.97 Å². The summed E-state index contributed by atoms with van der Waals surface area (Å²) in [5.74, 6) is -1.01. The molecule has 0 radical (unpaired) electrons. The molecule has 0 spiro atoms. The Morgan fingerprint density at radius 1 is 1.64 bits per heavy atom. The predicted molar refractivity (Wildman–Crippen MR) is 53.1 cm³/mol. The molecule has 2 N–H and O–H groups in total. The summed E-state index contributed by atoms with van der Waals surface area (Å²) in [6.45, 7) is 2.68. The largest absolute Gasteiger partial charge is 0.481 e. The van der Waals surface area contributed by atoms with Crippen molar-refractivity contribution in [1.82, 2.24) is 4.90 Å². The van der Waals surface area contributed by atoms with Crippen LogP contribution in [0.2, 0.25) is 0 Å². The highest BCUT2D eigenvalue weighted by atomic mass is 16.4. The van der Waals surface area contributed by atoms with Gasteiger partial charge in [0.2, 0.25) is 0 Å². The van der Waals surface area contributed by atoms with Crippen molar-refractivity contribution in [2.45, 2.75) is 38.3 Å². The van der Waals surface area contributed by atoms with Crippen LogP contribution in [-0.4, -0.2) is 46.8 Å². The summed E-state index contributed by atoms with van der Waals surface area (Å²) in [6.07, 6.45) is 1.54. The lowest BCUT2D eigenvalue weighted by Gasteiger charge is -2.38. The average Bonchev–Trinajstić information content (AvgIpc) is 2.17. The van der Waals surface area contributed by atoms with Gasteiger partial charge in [0.15, 0.2) is 0 Å². The second-order valence-electron chi connectivity index (χ2n) is 4.08. The van der Waals surface area contributed by atoms with E-state index in [0.29, 0.717) is 19.3 Å². The van der Waals surface area contributed by atoms with Crippen molar-refractivity contribution in [3.63, 3.8) is 0 Å². The lowest BCUT2D eigenvalue weighted by Crippen LogP contribution is -2.48. The monoisotopic (exact) mass is 201 g/mol. The Balaban J connectivity index is 2.59. The van der Waals surface area contributed by atoms with Gasteiger partial charge in [0.05, 0.1) is 12.0 Å². The minimum absolute atomic E-state index is 0.00912. The summed E-state index contributed by atoms with van der Waals surface area (Å²) in [7, 11) is 1.95. The summed E-state index contributed by atoms with van der Waals surface area (Å²) in [6, 6.07) is 0.00912. The van der Waals surface area contributed by atoms with Gasteiger partial charge in [-0.1, -0.05) is 6.92 Å². The third-order valence-corrected chi connectivity index (χ3v) is 3.13. The van der Waals surface area contributed by atoms with Crippen molar-refractivity contribution >= 4 is 5.97 Å². The van der Waals surface area contributed by atoms with Crippen molar-refractivity contribution < 1.29 is 15.0 Å². The third-order valence-electron chi connectivity index (χ3n) is 3.13. The SMILES string of the molecule is CCC(O)C1CC(C(=O)O)CCN1C. The molecular formula is C10H19NO3. The number of carboxylic acids is 1. The Hall–Kier alpha value is -0.610. The topological polar surface area (TPSA) is 60.8 Å². The molecule has 4 nitrogen and oxygen atoms in total. The molecule has 3 atom stereocenters. The normalized spacial score (nSPS) is 31.4. The van der Waals surface area contributed by atoms with E-state index in [1.54, 1.807) is 0 Å². The van der Waals surface area contributed by atoms with Gasteiger partial charge in [-0.15, -0.1) is 0 Å². The lowest BCUT2D eigenvalue weighted by molar-refractivity contribution is -0.144. The Morgan fingerprint density at radius 2 is 2.29 bits per heavy atom. The first-order valence-electron chi connectivity index (χ1n) is 5.17. The minimum Gasteiger partial charge on any atom is -0.481 e. The molecule has 0 aromatic carbocycles. The van der Waals surface area contributed by atoms with Crippen LogP contribution in [0.3, 0.4) is 0 Å². The van der Waals surface area contributed by atoms with E-state index in [-0.39, 0.29) is 12.0 Å². The maximum absolute atomic E-state index is 10.8. The summed E-state index contributed by atoms with van der Waals surface area (Å²) in [5, 5.41) is 18.6. The molecular weight excluding hydrogens is 182 g/mol. The van der Waals surface area contributed by atoms with Gasteiger partial charge in [-0.25, -0.2) is 0 Å². The van der Waals surface area contributed by atoms with Gasteiger partial charge in [-0.3, -0.25) is 4.79 Å². The highest BCUT2D eigenvalue weighted by molar-refractivity contribution is 5.70. The van der Waals surface area contributed by atoms with Gasteiger partial charge in [0.1, 0.15) is 0 Å². The highest BCUT2D eigenvalue weighted by Gasteiger charge is 2.33. The number of likely N-dealkylation sites (tertiary alicyclic amines) is 1. The van der Waals surface area contributed by atoms with Crippen LogP contribution in [0.5, 0.6) is 0 Å². The summed E-state index contributed by atoms with van der Waals surface area (Å²) in [4.78, 5) is 12.9. The van der Waals surface area contributed by atoms with E-state index < -0.39 is 12.1 Å². The van der Waals surface area contributed by atoms with Crippen LogP contribution >= 0.6 is 0 Å². The van der Waals surface area contributed by atoms with Crippen molar-refractivity contribution in [3.05, 3.63) is 0 Å². The Morgan fingerprint density at radius 3 is 2.79 bits per heavy atom. The third kappa shape index (κ3) is 2.45. The minimum atomic E-state index is -0.730. The molecule has 0 aromatic heterocycles. The lowest BCUT2D eigenvalue weighted by atomic mass is 9.88. The first kappa shape index (κ1) is 11.5. The maximum atomic E-state index is 10.8. The Kier molecular flexibility index (Phi) is 3.89. The molecule has 1 saturated heterocycles. The number of hydrogen-bond donors (Lipinski definition) is 2. The number of rotatable bonds is 3. The van der Waals surface area contributed by atoms with E-state index >= 15 is 0 Å². The zero-order valence-corrected chi connectivity index (χ0v) is 8.81. The van der Waals surface area contributed by atoms with Crippen molar-refractivity contribution in [2.75, 3.05) is 13.6 Å². The van der Waals surface area contributed by atoms with Gasteiger partial charge < -0.3 is 15.1 Å². The Bertz CT molecular complexity index is 204. The van der Waals surface area contributed by atoms with E-state index in [1.807, 2.05) is 14.0 Å². The van der Waals surface area contributed by atoms with E-state index in [1.165, 1.54) is 0 Å². The van der Waals surface area contributed by atoms with Gasteiger partial charge in [0, 0.05) is 6.04 Å². The van der Waals surface area contributed by atoms with Crippen molar-refractivity contribution in [2.24, 2.45) is 5.92 Å². The van der Waals surface area contributed by atoms with Gasteiger partial charge in [0.25, 0.3) is 0 Å². The molecule has 4 heteroatoms. The first-order valence-corrected chi connectivity index (χ1v) is 5.17. The molecule has 82 valence electrons. The van der Waals surface area contributed by atoms with E-state index in [9.17, 15) is 9.90 Å². The zero-order chi connectivity index (χ0) is 10.7.